The lowest BCUT2D eigenvalue weighted by molar-refractivity contribution is -0.142. The Hall–Kier alpha value is -3.95. The van der Waals surface area contributed by atoms with Gasteiger partial charge in [-0.25, -0.2) is 4.79 Å². The largest absolute Gasteiger partial charge is 0.480 e. The molecule has 16 heteroatoms. The fourth-order valence-electron chi connectivity index (χ4n) is 3.10. The zero-order valence-electron chi connectivity index (χ0n) is 21.1. The number of hydrogen-bond acceptors (Lipinski definition) is 8. The van der Waals surface area contributed by atoms with Crippen molar-refractivity contribution in [2.75, 3.05) is 6.54 Å². The molecule has 5 amide bonds. The number of nitrogens with zero attached hydrogens (tertiary/aromatic N) is 1. The Labute approximate surface area is 214 Å². The van der Waals surface area contributed by atoms with Gasteiger partial charge in [-0.05, 0) is 25.2 Å². The molecular formula is C21H39N9O7. The van der Waals surface area contributed by atoms with Crippen LogP contribution in [-0.2, 0) is 28.8 Å². The molecule has 16 nitrogen and oxygen atoms in total. The first-order chi connectivity index (χ1) is 17.2. The Kier molecular flexibility index (Phi) is 14.9. The first-order valence-electron chi connectivity index (χ1n) is 11.7. The molecule has 0 aromatic rings. The number of aliphatic carboxylic acids is 1. The van der Waals surface area contributed by atoms with Crippen LogP contribution in [0, 0.1) is 5.92 Å². The summed E-state index contributed by atoms with van der Waals surface area (Å²) in [7, 11) is 0. The summed E-state index contributed by atoms with van der Waals surface area (Å²) in [5, 5.41) is 16.4. The van der Waals surface area contributed by atoms with Crippen molar-refractivity contribution in [3.63, 3.8) is 0 Å². The van der Waals surface area contributed by atoms with E-state index in [9.17, 15) is 33.9 Å². The average Bonchev–Trinajstić information content (AvgIpc) is 2.80. The van der Waals surface area contributed by atoms with Gasteiger partial charge in [0.1, 0.15) is 18.1 Å². The lowest BCUT2D eigenvalue weighted by atomic mass is 9.97. The summed E-state index contributed by atoms with van der Waals surface area (Å²) in [4.78, 5) is 76.1. The Morgan fingerprint density at radius 2 is 1.43 bits per heavy atom. The number of guanidine groups is 1. The second-order valence-corrected chi connectivity index (χ2v) is 8.56. The van der Waals surface area contributed by atoms with E-state index >= 15 is 0 Å². The topological polar surface area (TPSA) is 301 Å². The predicted molar refractivity (Wildman–Crippen MR) is 133 cm³/mol. The first kappa shape index (κ1) is 33.0. The summed E-state index contributed by atoms with van der Waals surface area (Å²) in [6, 6.07) is -5.15. The van der Waals surface area contributed by atoms with Gasteiger partial charge < -0.3 is 49.7 Å². The number of carbonyl (C=O) groups is 6. The molecule has 0 saturated carbocycles. The maximum absolute atomic E-state index is 13.0. The third kappa shape index (κ3) is 13.6. The summed E-state index contributed by atoms with van der Waals surface area (Å²) in [6.45, 7) is 3.72. The summed E-state index contributed by atoms with van der Waals surface area (Å²) >= 11 is 0. The lowest BCUT2D eigenvalue weighted by Gasteiger charge is -2.27. The van der Waals surface area contributed by atoms with Crippen LogP contribution >= 0.6 is 0 Å². The molecule has 210 valence electrons. The SMILES string of the molecule is CCC(C)C(NC(=O)C(N)CCCN=C(N)N)C(=O)NC(CC(N)=O)C(=O)NC(CCC(N)=O)C(=O)O. The van der Waals surface area contributed by atoms with Gasteiger partial charge >= 0.3 is 5.97 Å². The van der Waals surface area contributed by atoms with Crippen LogP contribution in [0.1, 0.15) is 52.4 Å². The van der Waals surface area contributed by atoms with E-state index in [-0.39, 0.29) is 31.8 Å². The van der Waals surface area contributed by atoms with E-state index in [2.05, 4.69) is 20.9 Å². The minimum absolute atomic E-state index is 0.0939. The highest BCUT2D eigenvalue weighted by Gasteiger charge is 2.33. The van der Waals surface area contributed by atoms with Gasteiger partial charge in [0.05, 0.1) is 12.5 Å². The second kappa shape index (κ2) is 16.7. The molecule has 0 rings (SSSR count). The van der Waals surface area contributed by atoms with Crippen molar-refractivity contribution in [3.8, 4) is 0 Å². The molecular weight excluding hydrogens is 490 g/mol. The van der Waals surface area contributed by atoms with Crippen molar-refractivity contribution < 1.29 is 33.9 Å². The molecule has 0 aliphatic rings. The van der Waals surface area contributed by atoms with Gasteiger partial charge in [0.2, 0.25) is 29.5 Å². The van der Waals surface area contributed by atoms with E-state index in [0.717, 1.165) is 0 Å². The van der Waals surface area contributed by atoms with E-state index in [1.165, 1.54) is 0 Å². The molecule has 0 radical (unpaired) electrons. The number of amides is 5. The minimum atomic E-state index is -1.54. The van der Waals surface area contributed by atoms with E-state index in [1.54, 1.807) is 13.8 Å². The van der Waals surface area contributed by atoms with Crippen molar-refractivity contribution >= 4 is 41.5 Å². The highest BCUT2D eigenvalue weighted by Crippen LogP contribution is 2.10. The highest BCUT2D eigenvalue weighted by atomic mass is 16.4. The predicted octanol–water partition coefficient (Wildman–Crippen LogP) is -3.91. The third-order valence-electron chi connectivity index (χ3n) is 5.43. The second-order valence-electron chi connectivity index (χ2n) is 8.56. The fraction of sp³-hybridized carbons (Fsp3) is 0.667. The first-order valence-corrected chi connectivity index (χ1v) is 11.7. The van der Waals surface area contributed by atoms with E-state index < -0.39 is 72.0 Å². The molecule has 37 heavy (non-hydrogen) atoms. The molecule has 0 aliphatic carbocycles. The minimum Gasteiger partial charge on any atom is -0.480 e. The zero-order chi connectivity index (χ0) is 28.7. The number of nitrogens with one attached hydrogen (secondary N) is 3. The zero-order valence-corrected chi connectivity index (χ0v) is 21.1. The van der Waals surface area contributed by atoms with Crippen LogP contribution in [0.15, 0.2) is 4.99 Å². The number of nitrogens with two attached hydrogens (primary N) is 5. The quantitative estimate of drug-likeness (QED) is 0.0472. The molecule has 0 aliphatic heterocycles. The number of aliphatic imine (C=N–C) groups is 1. The van der Waals surface area contributed by atoms with Crippen molar-refractivity contribution in [1.82, 2.24) is 16.0 Å². The highest BCUT2D eigenvalue weighted by molar-refractivity contribution is 5.96. The van der Waals surface area contributed by atoms with Crippen molar-refractivity contribution in [2.45, 2.75) is 76.5 Å². The van der Waals surface area contributed by atoms with Gasteiger partial charge in [0, 0.05) is 13.0 Å². The van der Waals surface area contributed by atoms with Crippen molar-refractivity contribution in [1.29, 1.82) is 0 Å². The van der Waals surface area contributed by atoms with Gasteiger partial charge in [-0.15, -0.1) is 0 Å². The lowest BCUT2D eigenvalue weighted by Crippen LogP contribution is -2.59. The smallest absolute Gasteiger partial charge is 0.326 e. The van der Waals surface area contributed by atoms with Crippen molar-refractivity contribution in [2.24, 2.45) is 39.6 Å². The van der Waals surface area contributed by atoms with Gasteiger partial charge in [-0.3, -0.25) is 29.0 Å². The summed E-state index contributed by atoms with van der Waals surface area (Å²) in [5.41, 5.74) is 26.6. The van der Waals surface area contributed by atoms with Crippen LogP contribution in [0.2, 0.25) is 0 Å². The maximum Gasteiger partial charge on any atom is 0.326 e. The number of hydrogen-bond donors (Lipinski definition) is 9. The fourth-order valence-corrected chi connectivity index (χ4v) is 3.10. The summed E-state index contributed by atoms with van der Waals surface area (Å²) in [6.07, 6.45) is -0.178. The van der Waals surface area contributed by atoms with Crippen LogP contribution in [-0.4, -0.2) is 77.3 Å². The molecule has 0 saturated heterocycles. The molecule has 14 N–H and O–H groups in total. The molecule has 5 unspecified atom stereocenters. The molecule has 0 aromatic heterocycles. The molecule has 0 spiro atoms. The van der Waals surface area contributed by atoms with Gasteiger partial charge in [0.15, 0.2) is 5.96 Å². The van der Waals surface area contributed by atoms with Gasteiger partial charge in [-0.2, -0.15) is 0 Å². The Morgan fingerprint density at radius 3 is 1.92 bits per heavy atom. The third-order valence-corrected chi connectivity index (χ3v) is 5.43. The molecule has 0 aromatic carbocycles. The van der Waals surface area contributed by atoms with Crippen molar-refractivity contribution in [3.05, 3.63) is 0 Å². The molecule has 0 fully saturated rings. The van der Waals surface area contributed by atoms with Crippen LogP contribution in [0.3, 0.4) is 0 Å². The number of rotatable bonds is 18. The van der Waals surface area contributed by atoms with E-state index in [4.69, 9.17) is 28.7 Å². The Balaban J connectivity index is 5.48. The number of primary amides is 2. The summed E-state index contributed by atoms with van der Waals surface area (Å²) < 4.78 is 0. The molecule has 5 atom stereocenters. The molecule has 0 heterocycles. The van der Waals surface area contributed by atoms with Crippen LogP contribution in [0.25, 0.3) is 0 Å². The number of carbonyl (C=O) groups excluding carboxylic acids is 5. The number of carboxylic acid groups (broad SMARTS) is 1. The average molecular weight is 530 g/mol. The molecule has 0 bridgehead atoms. The Bertz CT molecular complexity index is 861. The van der Waals surface area contributed by atoms with Crippen LogP contribution in [0.4, 0.5) is 0 Å². The standard InChI is InChI=1S/C21H39N9O7/c1-3-10(2)16(30-17(33)11(22)5-4-8-27-21(25)26)19(35)29-13(9-15(24)32)18(34)28-12(20(36)37)6-7-14(23)31/h10-13,16H,3-9,22H2,1-2H3,(H2,23,31)(H2,24,32)(H,28,34)(H,29,35)(H,30,33)(H,36,37)(H4,25,26,27). The normalized spacial score (nSPS) is 14.7. The Morgan fingerprint density at radius 1 is 0.838 bits per heavy atom. The van der Waals surface area contributed by atoms with Gasteiger partial charge in [0.25, 0.3) is 0 Å². The summed E-state index contributed by atoms with van der Waals surface area (Å²) in [5.74, 6) is -6.12. The van der Waals surface area contributed by atoms with Crippen LogP contribution < -0.4 is 44.6 Å². The van der Waals surface area contributed by atoms with E-state index in [0.29, 0.717) is 12.8 Å². The number of carboxylic acids is 1. The van der Waals surface area contributed by atoms with Crippen LogP contribution in [0.5, 0.6) is 0 Å². The van der Waals surface area contributed by atoms with Gasteiger partial charge in [-0.1, -0.05) is 20.3 Å². The van der Waals surface area contributed by atoms with E-state index in [1.807, 2.05) is 0 Å². The monoisotopic (exact) mass is 529 g/mol. The maximum atomic E-state index is 13.0.